The average molecular weight is 490 g/mol. The second-order valence-corrected chi connectivity index (χ2v) is 8.54. The Hall–Kier alpha value is -4.30. The van der Waals surface area contributed by atoms with E-state index in [4.69, 9.17) is 9.15 Å². The topological polar surface area (TPSA) is 184 Å². The first-order chi connectivity index (χ1) is 16.2. The average Bonchev–Trinajstić information content (AvgIpc) is 3.34. The molecule has 0 amide bonds. The molecule has 0 saturated carbocycles. The van der Waals surface area contributed by atoms with Gasteiger partial charge in [0.25, 0.3) is 11.4 Å². The minimum absolute atomic E-state index is 0.0860. The minimum Gasteiger partial charge on any atom is -0.467 e. The number of hydrogen-bond acceptors (Lipinski definition) is 10. The second-order valence-electron chi connectivity index (χ2n) is 6.78. The number of nitrogens with zero attached hydrogens (tertiary/aromatic N) is 2. The number of sulfonamides is 1. The first-order valence-corrected chi connectivity index (χ1v) is 11.1. The maximum absolute atomic E-state index is 12.5. The van der Waals surface area contributed by atoms with Gasteiger partial charge in [-0.25, -0.2) is 8.42 Å². The smallest absolute Gasteiger partial charge is 0.321 e. The Morgan fingerprint density at radius 3 is 2.38 bits per heavy atom. The molecule has 0 saturated heterocycles. The molecule has 0 unspecified atom stereocenters. The highest BCUT2D eigenvalue weighted by Crippen LogP contribution is 2.28. The normalized spacial score (nSPS) is 11.1. The number of furan rings is 1. The Balaban J connectivity index is 1.59. The van der Waals surface area contributed by atoms with Crippen molar-refractivity contribution in [1.82, 2.24) is 4.72 Å². The van der Waals surface area contributed by atoms with E-state index < -0.39 is 43.0 Å². The van der Waals surface area contributed by atoms with Gasteiger partial charge in [-0.15, -0.1) is 0 Å². The molecule has 178 valence electrons. The van der Waals surface area contributed by atoms with E-state index in [0.717, 1.165) is 12.1 Å². The quantitative estimate of drug-likeness (QED) is 0.230. The summed E-state index contributed by atoms with van der Waals surface area (Å²) in [6.07, 6.45) is 1.45. The van der Waals surface area contributed by atoms with Crippen LogP contribution in [0, 0.1) is 20.2 Å². The van der Waals surface area contributed by atoms with Crippen molar-refractivity contribution in [3.63, 3.8) is 0 Å². The van der Waals surface area contributed by atoms with Crippen LogP contribution in [0.5, 0.6) is 0 Å². The van der Waals surface area contributed by atoms with E-state index >= 15 is 0 Å². The third-order valence-electron chi connectivity index (χ3n) is 4.46. The predicted molar refractivity (Wildman–Crippen MR) is 117 cm³/mol. The van der Waals surface area contributed by atoms with Gasteiger partial charge in [-0.05, 0) is 42.0 Å². The molecule has 0 radical (unpaired) electrons. The lowest BCUT2D eigenvalue weighted by atomic mass is 10.2. The number of nitro benzene ring substituents is 2. The van der Waals surface area contributed by atoms with E-state index in [0.29, 0.717) is 11.3 Å². The van der Waals surface area contributed by atoms with Crippen LogP contribution in [-0.4, -0.2) is 30.8 Å². The molecular weight excluding hydrogens is 472 g/mol. The Labute approximate surface area is 192 Å². The molecule has 0 spiro atoms. The molecule has 0 bridgehead atoms. The maximum Gasteiger partial charge on any atom is 0.321 e. The van der Waals surface area contributed by atoms with Crippen LogP contribution in [0.4, 0.5) is 17.1 Å². The van der Waals surface area contributed by atoms with Gasteiger partial charge in [-0.1, -0.05) is 0 Å². The van der Waals surface area contributed by atoms with Crippen molar-refractivity contribution < 1.29 is 32.2 Å². The van der Waals surface area contributed by atoms with Gasteiger partial charge >= 0.3 is 5.97 Å². The van der Waals surface area contributed by atoms with E-state index in [-0.39, 0.29) is 24.5 Å². The van der Waals surface area contributed by atoms with Crippen LogP contribution >= 0.6 is 0 Å². The summed E-state index contributed by atoms with van der Waals surface area (Å²) in [6, 6.07) is 11.9. The summed E-state index contributed by atoms with van der Waals surface area (Å²) in [5.74, 6) is -0.381. The second kappa shape index (κ2) is 10.5. The number of nitrogens with one attached hydrogen (secondary N) is 2. The molecule has 1 heterocycles. The first kappa shape index (κ1) is 24.3. The number of non-ortho nitro benzene ring substituents is 1. The number of anilines is 1. The molecule has 14 heteroatoms. The van der Waals surface area contributed by atoms with Crippen molar-refractivity contribution >= 4 is 33.1 Å². The summed E-state index contributed by atoms with van der Waals surface area (Å²) in [7, 11) is -4.26. The molecule has 0 aliphatic rings. The molecule has 2 aromatic carbocycles. The van der Waals surface area contributed by atoms with Crippen molar-refractivity contribution in [2.24, 2.45) is 0 Å². The van der Waals surface area contributed by atoms with E-state index in [9.17, 15) is 33.4 Å². The third kappa shape index (κ3) is 6.36. The van der Waals surface area contributed by atoms with Crippen molar-refractivity contribution in [2.45, 2.75) is 18.0 Å². The number of carbonyl (C=O) groups excluding carboxylic acids is 1. The van der Waals surface area contributed by atoms with Gasteiger partial charge < -0.3 is 14.5 Å². The summed E-state index contributed by atoms with van der Waals surface area (Å²) in [5.41, 5.74) is -0.0489. The Morgan fingerprint density at radius 2 is 1.76 bits per heavy atom. The summed E-state index contributed by atoms with van der Waals surface area (Å²) >= 11 is 0. The summed E-state index contributed by atoms with van der Waals surface area (Å²) in [6.45, 7) is -0.791. The van der Waals surface area contributed by atoms with Gasteiger partial charge in [-0.3, -0.25) is 25.0 Å². The lowest BCUT2D eigenvalue weighted by Gasteiger charge is -2.10. The number of ether oxygens (including phenoxy) is 1. The molecule has 0 atom stereocenters. The number of rotatable bonds is 11. The third-order valence-corrected chi connectivity index (χ3v) is 5.86. The Bertz CT molecular complexity index is 1290. The zero-order chi connectivity index (χ0) is 24.7. The molecule has 0 aliphatic carbocycles. The molecule has 3 rings (SSSR count). The van der Waals surface area contributed by atoms with Gasteiger partial charge in [0.05, 0.1) is 27.6 Å². The zero-order valence-corrected chi connectivity index (χ0v) is 18.2. The van der Waals surface area contributed by atoms with Crippen molar-refractivity contribution in [1.29, 1.82) is 0 Å². The fraction of sp³-hybridized carbons (Fsp3) is 0.150. The highest BCUT2D eigenvalue weighted by molar-refractivity contribution is 7.89. The van der Waals surface area contributed by atoms with E-state index in [2.05, 4.69) is 5.32 Å². The molecular formula is C20H18N4O9S. The summed E-state index contributed by atoms with van der Waals surface area (Å²) in [5, 5.41) is 24.9. The summed E-state index contributed by atoms with van der Waals surface area (Å²) in [4.78, 5) is 32.3. The van der Waals surface area contributed by atoms with Crippen LogP contribution < -0.4 is 10.0 Å². The van der Waals surface area contributed by atoms with E-state index in [1.165, 1.54) is 36.6 Å². The fourth-order valence-electron chi connectivity index (χ4n) is 2.74. The van der Waals surface area contributed by atoms with Crippen LogP contribution in [0.25, 0.3) is 0 Å². The standard InChI is InChI=1S/C20H18N4O9S/c25-20(33-13-14-3-5-15(6-4-14)23(26)27)12-22-34(30,31)17-7-8-18(19(10-17)24(28)29)21-11-16-2-1-9-32-16/h1-10,21-22H,11-13H2. The first-order valence-electron chi connectivity index (χ1n) is 9.59. The number of benzene rings is 2. The Morgan fingerprint density at radius 1 is 1.03 bits per heavy atom. The molecule has 3 aromatic rings. The van der Waals surface area contributed by atoms with Crippen LogP contribution in [0.3, 0.4) is 0 Å². The fourth-order valence-corrected chi connectivity index (χ4v) is 3.73. The van der Waals surface area contributed by atoms with Crippen LogP contribution in [-0.2, 0) is 32.7 Å². The van der Waals surface area contributed by atoms with Crippen LogP contribution in [0.1, 0.15) is 11.3 Å². The van der Waals surface area contributed by atoms with Crippen LogP contribution in [0.15, 0.2) is 70.2 Å². The Kier molecular flexibility index (Phi) is 7.55. The van der Waals surface area contributed by atoms with E-state index in [1.54, 1.807) is 12.1 Å². The number of nitro groups is 2. The predicted octanol–water partition coefficient (Wildman–Crippen LogP) is 2.73. The molecule has 0 aliphatic heterocycles. The van der Waals surface area contributed by atoms with Gasteiger partial charge in [-0.2, -0.15) is 4.72 Å². The zero-order valence-electron chi connectivity index (χ0n) is 17.4. The van der Waals surface area contributed by atoms with Gasteiger partial charge in [0.1, 0.15) is 24.6 Å². The maximum atomic E-state index is 12.5. The SMILES string of the molecule is O=C(CNS(=O)(=O)c1ccc(NCc2ccco2)c([N+](=O)[O-])c1)OCc1ccc([N+](=O)[O-])cc1. The molecule has 1 aromatic heterocycles. The van der Waals surface area contributed by atoms with Crippen molar-refractivity contribution in [3.8, 4) is 0 Å². The molecule has 0 fully saturated rings. The van der Waals surface area contributed by atoms with E-state index in [1.807, 2.05) is 4.72 Å². The lowest BCUT2D eigenvalue weighted by molar-refractivity contribution is -0.384. The largest absolute Gasteiger partial charge is 0.467 e. The highest BCUT2D eigenvalue weighted by Gasteiger charge is 2.22. The number of esters is 1. The molecule has 2 N–H and O–H groups in total. The number of hydrogen-bond donors (Lipinski definition) is 2. The van der Waals surface area contributed by atoms with Crippen molar-refractivity contribution in [3.05, 3.63) is 92.4 Å². The minimum atomic E-state index is -4.26. The van der Waals surface area contributed by atoms with Crippen molar-refractivity contribution in [2.75, 3.05) is 11.9 Å². The van der Waals surface area contributed by atoms with Crippen LogP contribution in [0.2, 0.25) is 0 Å². The van der Waals surface area contributed by atoms with Gasteiger partial charge in [0.2, 0.25) is 10.0 Å². The van der Waals surface area contributed by atoms with Gasteiger partial charge in [0, 0.05) is 18.2 Å². The van der Waals surface area contributed by atoms with Gasteiger partial charge in [0.15, 0.2) is 0 Å². The molecule has 13 nitrogen and oxygen atoms in total. The number of carbonyl (C=O) groups is 1. The summed E-state index contributed by atoms with van der Waals surface area (Å²) < 4.78 is 37.1. The lowest BCUT2D eigenvalue weighted by Crippen LogP contribution is -2.30. The monoisotopic (exact) mass is 490 g/mol. The molecule has 34 heavy (non-hydrogen) atoms. The highest BCUT2D eigenvalue weighted by atomic mass is 32.2.